The van der Waals surface area contributed by atoms with Gasteiger partial charge in [-0.15, -0.1) is 11.8 Å². The molecule has 1 unspecified atom stereocenters. The van der Waals surface area contributed by atoms with Gasteiger partial charge in [-0.05, 0) is 30.7 Å². The third kappa shape index (κ3) is 3.15. The van der Waals surface area contributed by atoms with Crippen molar-refractivity contribution in [1.29, 1.82) is 0 Å². The average molecular weight is 252 g/mol. The molecule has 2 rings (SSSR count). The zero-order valence-electron chi connectivity index (χ0n) is 10.3. The lowest BCUT2D eigenvalue weighted by atomic mass is 10.2. The number of rotatable bonds is 5. The molecule has 2 N–H and O–H groups in total. The summed E-state index contributed by atoms with van der Waals surface area (Å²) in [6.45, 7) is 3.02. The maximum absolute atomic E-state index is 5.58. The van der Waals surface area contributed by atoms with Crippen molar-refractivity contribution < 1.29 is 4.74 Å². The monoisotopic (exact) mass is 252 g/mol. The van der Waals surface area contributed by atoms with Gasteiger partial charge in [-0.1, -0.05) is 12.1 Å². The van der Waals surface area contributed by atoms with E-state index in [-0.39, 0.29) is 0 Å². The minimum atomic E-state index is 0.469. The molecule has 1 atom stereocenters. The van der Waals surface area contributed by atoms with Crippen LogP contribution in [0.15, 0.2) is 24.3 Å². The number of benzene rings is 1. The second kappa shape index (κ2) is 6.28. The Morgan fingerprint density at radius 3 is 3.18 bits per heavy atom. The molecule has 1 aliphatic rings. The van der Waals surface area contributed by atoms with Gasteiger partial charge < -0.3 is 10.5 Å². The van der Waals surface area contributed by atoms with Crippen molar-refractivity contribution in [3.05, 3.63) is 29.8 Å². The zero-order chi connectivity index (χ0) is 12.1. The van der Waals surface area contributed by atoms with Crippen LogP contribution in [-0.4, -0.2) is 37.4 Å². The number of ether oxygens (including phenoxy) is 1. The predicted molar refractivity (Wildman–Crippen MR) is 73.4 cm³/mol. The number of hydrogen-bond donors (Lipinski definition) is 1. The lowest BCUT2D eigenvalue weighted by molar-refractivity contribution is 0.288. The Bertz CT molecular complexity index is 359. The van der Waals surface area contributed by atoms with E-state index in [1.807, 2.05) is 17.8 Å². The molecule has 0 saturated carbocycles. The fourth-order valence-corrected chi connectivity index (χ4v) is 3.45. The molecule has 94 valence electrons. The van der Waals surface area contributed by atoms with Gasteiger partial charge in [0.25, 0.3) is 0 Å². The highest BCUT2D eigenvalue weighted by atomic mass is 32.2. The molecule has 1 fully saturated rings. The molecule has 0 aromatic heterocycles. The van der Waals surface area contributed by atoms with Crippen molar-refractivity contribution in [2.45, 2.75) is 11.8 Å². The third-order valence-corrected chi connectivity index (χ3v) is 4.32. The highest BCUT2D eigenvalue weighted by Gasteiger charge is 2.26. The largest absolute Gasteiger partial charge is 0.497 e. The second-order valence-electron chi connectivity index (χ2n) is 4.18. The normalized spacial score (nSPS) is 20.7. The van der Waals surface area contributed by atoms with Crippen molar-refractivity contribution in [3.8, 4) is 5.75 Å². The van der Waals surface area contributed by atoms with Gasteiger partial charge in [-0.3, -0.25) is 4.90 Å². The zero-order valence-corrected chi connectivity index (χ0v) is 11.1. The Morgan fingerprint density at radius 1 is 1.53 bits per heavy atom. The minimum absolute atomic E-state index is 0.469. The Morgan fingerprint density at radius 2 is 2.41 bits per heavy atom. The van der Waals surface area contributed by atoms with Gasteiger partial charge >= 0.3 is 0 Å². The van der Waals surface area contributed by atoms with E-state index in [0.29, 0.717) is 5.37 Å². The fourth-order valence-electron chi connectivity index (χ4n) is 2.13. The number of nitrogens with two attached hydrogens (primary N) is 1. The first-order valence-corrected chi connectivity index (χ1v) is 7.09. The Kier molecular flexibility index (Phi) is 4.71. The van der Waals surface area contributed by atoms with E-state index in [1.54, 1.807) is 7.11 Å². The van der Waals surface area contributed by atoms with E-state index in [0.717, 1.165) is 31.8 Å². The molecule has 1 aromatic carbocycles. The Hall–Kier alpha value is -0.710. The summed E-state index contributed by atoms with van der Waals surface area (Å²) >= 11 is 2.00. The molecule has 0 spiro atoms. The van der Waals surface area contributed by atoms with Crippen LogP contribution in [0.1, 0.15) is 17.4 Å². The van der Waals surface area contributed by atoms with Crippen LogP contribution in [-0.2, 0) is 0 Å². The summed E-state index contributed by atoms with van der Waals surface area (Å²) in [6.07, 6.45) is 1.07. The van der Waals surface area contributed by atoms with E-state index in [1.165, 1.54) is 11.3 Å². The molecule has 1 aliphatic heterocycles. The summed E-state index contributed by atoms with van der Waals surface area (Å²) in [4.78, 5) is 2.51. The Labute approximate surface area is 107 Å². The van der Waals surface area contributed by atoms with Crippen molar-refractivity contribution in [3.63, 3.8) is 0 Å². The van der Waals surface area contributed by atoms with Crippen LogP contribution >= 0.6 is 11.8 Å². The summed E-state index contributed by atoms with van der Waals surface area (Å²) in [7, 11) is 1.72. The molecule has 17 heavy (non-hydrogen) atoms. The maximum atomic E-state index is 5.58. The van der Waals surface area contributed by atoms with E-state index < -0.39 is 0 Å². The maximum Gasteiger partial charge on any atom is 0.119 e. The summed E-state index contributed by atoms with van der Waals surface area (Å²) in [5, 5.41) is 0.469. The highest BCUT2D eigenvalue weighted by molar-refractivity contribution is 7.99. The summed E-state index contributed by atoms with van der Waals surface area (Å²) < 4.78 is 5.28. The van der Waals surface area contributed by atoms with Gasteiger partial charge in [0.05, 0.1) is 12.5 Å². The first-order chi connectivity index (χ1) is 8.35. The molecule has 3 nitrogen and oxygen atoms in total. The lowest BCUT2D eigenvalue weighted by Crippen LogP contribution is -2.25. The molecule has 0 amide bonds. The smallest absolute Gasteiger partial charge is 0.119 e. The van der Waals surface area contributed by atoms with Crippen LogP contribution in [0.4, 0.5) is 0 Å². The number of methoxy groups -OCH3 is 1. The quantitative estimate of drug-likeness (QED) is 0.871. The standard InChI is InChI=1S/C13H20N2OS/c1-16-12-5-2-4-11(10-12)13-15(7-3-6-14)8-9-17-13/h2,4-5,10,13H,3,6-9,14H2,1H3. The lowest BCUT2D eigenvalue weighted by Gasteiger charge is -2.23. The van der Waals surface area contributed by atoms with Crippen LogP contribution in [0.5, 0.6) is 5.75 Å². The summed E-state index contributed by atoms with van der Waals surface area (Å²) in [5.74, 6) is 2.14. The fraction of sp³-hybridized carbons (Fsp3) is 0.538. The van der Waals surface area contributed by atoms with Gasteiger partial charge in [0, 0.05) is 18.8 Å². The molecular formula is C13H20N2OS. The second-order valence-corrected chi connectivity index (χ2v) is 5.37. The summed E-state index contributed by atoms with van der Waals surface area (Å²) in [6, 6.07) is 8.38. The van der Waals surface area contributed by atoms with Crippen molar-refractivity contribution in [2.75, 3.05) is 32.5 Å². The number of hydrogen-bond acceptors (Lipinski definition) is 4. The van der Waals surface area contributed by atoms with Crippen LogP contribution in [0.2, 0.25) is 0 Å². The van der Waals surface area contributed by atoms with E-state index in [4.69, 9.17) is 10.5 Å². The van der Waals surface area contributed by atoms with Gasteiger partial charge in [-0.2, -0.15) is 0 Å². The van der Waals surface area contributed by atoms with Crippen molar-refractivity contribution in [1.82, 2.24) is 4.90 Å². The van der Waals surface area contributed by atoms with Crippen molar-refractivity contribution >= 4 is 11.8 Å². The van der Waals surface area contributed by atoms with Crippen LogP contribution < -0.4 is 10.5 Å². The third-order valence-electron chi connectivity index (χ3n) is 3.01. The first kappa shape index (κ1) is 12.7. The van der Waals surface area contributed by atoms with Crippen molar-refractivity contribution in [2.24, 2.45) is 5.73 Å². The molecule has 0 bridgehead atoms. The molecule has 0 aliphatic carbocycles. The van der Waals surface area contributed by atoms with E-state index in [9.17, 15) is 0 Å². The van der Waals surface area contributed by atoms with Gasteiger partial charge in [-0.25, -0.2) is 0 Å². The first-order valence-electron chi connectivity index (χ1n) is 6.05. The van der Waals surface area contributed by atoms with Crippen LogP contribution in [0, 0.1) is 0 Å². The van der Waals surface area contributed by atoms with Crippen LogP contribution in [0.25, 0.3) is 0 Å². The SMILES string of the molecule is COc1cccc(C2SCCN2CCCN)c1. The average Bonchev–Trinajstić information content (AvgIpc) is 2.84. The molecule has 1 heterocycles. The summed E-state index contributed by atoms with van der Waals surface area (Å²) in [5.41, 5.74) is 6.92. The number of thioether (sulfide) groups is 1. The van der Waals surface area contributed by atoms with E-state index >= 15 is 0 Å². The minimum Gasteiger partial charge on any atom is -0.497 e. The van der Waals surface area contributed by atoms with E-state index in [2.05, 4.69) is 23.1 Å². The predicted octanol–water partition coefficient (Wildman–Crippen LogP) is 2.09. The Balaban J connectivity index is 2.08. The van der Waals surface area contributed by atoms with Gasteiger partial charge in [0.2, 0.25) is 0 Å². The molecule has 0 radical (unpaired) electrons. The van der Waals surface area contributed by atoms with Gasteiger partial charge in [0.1, 0.15) is 5.75 Å². The molecule has 1 saturated heterocycles. The topological polar surface area (TPSA) is 38.5 Å². The van der Waals surface area contributed by atoms with Gasteiger partial charge in [0.15, 0.2) is 0 Å². The van der Waals surface area contributed by atoms with Crippen LogP contribution in [0.3, 0.4) is 0 Å². The number of nitrogens with zero attached hydrogens (tertiary/aromatic N) is 1. The molecular weight excluding hydrogens is 232 g/mol. The molecule has 1 aromatic rings. The highest BCUT2D eigenvalue weighted by Crippen LogP contribution is 2.38. The molecule has 4 heteroatoms.